The van der Waals surface area contributed by atoms with Gasteiger partial charge >= 0.3 is 5.97 Å². The molecule has 6 aliphatic rings. The summed E-state index contributed by atoms with van der Waals surface area (Å²) < 4.78 is 36.2. The lowest BCUT2D eigenvalue weighted by atomic mass is 9.73. The molecule has 0 radical (unpaired) electrons. The van der Waals surface area contributed by atoms with Crippen molar-refractivity contribution >= 4 is 58.2 Å². The third kappa shape index (κ3) is 9.67. The highest BCUT2D eigenvalue weighted by atomic mass is 35.5. The Morgan fingerprint density at radius 3 is 1.31 bits per heavy atom. The van der Waals surface area contributed by atoms with Crippen LogP contribution in [0.1, 0.15) is 153 Å². The van der Waals surface area contributed by atoms with E-state index in [0.717, 1.165) is 74.0 Å². The number of carbonyl (C=O) groups excluding carboxylic acids is 1. The van der Waals surface area contributed by atoms with Gasteiger partial charge in [-0.05, 0) is 146 Å². The Bertz CT molecular complexity index is 2830. The first-order chi connectivity index (χ1) is 35.5. The molecule has 12 rings (SSSR count). The number of Topliss-reactive ketones (excluding diaryl/α,β-unsaturated/α-hetero) is 1. The lowest BCUT2D eigenvalue weighted by Gasteiger charge is -2.40. The van der Waals surface area contributed by atoms with Crippen molar-refractivity contribution in [2.24, 2.45) is 23.7 Å². The number of carbonyl (C=O) groups is 2. The Morgan fingerprint density at radius 1 is 0.608 bits per heavy atom. The smallest absolute Gasteiger partial charge is 0.309 e. The van der Waals surface area contributed by atoms with E-state index in [0.29, 0.717) is 122 Å². The molecule has 6 saturated carbocycles. The number of ketones is 1. The van der Waals surface area contributed by atoms with E-state index < -0.39 is 17.2 Å². The van der Waals surface area contributed by atoms with E-state index in [-0.39, 0.29) is 60.4 Å². The summed E-state index contributed by atoms with van der Waals surface area (Å²) in [7, 11) is 0. The molecule has 8 atom stereocenters. The van der Waals surface area contributed by atoms with Gasteiger partial charge in [-0.25, -0.2) is 9.97 Å². The van der Waals surface area contributed by atoms with Crippen LogP contribution in [0.25, 0.3) is 22.5 Å². The molecule has 4 bridgehead atoms. The van der Waals surface area contributed by atoms with E-state index in [1.165, 1.54) is 6.92 Å². The number of rotatable bonds is 16. The highest BCUT2D eigenvalue weighted by molar-refractivity contribution is 6.39. The molecule has 19 heteroatoms. The van der Waals surface area contributed by atoms with E-state index in [9.17, 15) is 19.8 Å². The number of oxazole rings is 2. The molecule has 0 spiro atoms. The van der Waals surface area contributed by atoms with E-state index in [1.54, 1.807) is 44.2 Å². The van der Waals surface area contributed by atoms with Crippen LogP contribution in [0.3, 0.4) is 0 Å². The van der Waals surface area contributed by atoms with Crippen LogP contribution in [0, 0.1) is 37.5 Å². The second kappa shape index (κ2) is 20.4. The van der Waals surface area contributed by atoms with Gasteiger partial charge in [0, 0.05) is 34.1 Å². The molecule has 392 valence electrons. The molecule has 3 N–H and O–H groups in total. The summed E-state index contributed by atoms with van der Waals surface area (Å²) in [5.41, 5.74) is 2.98. The van der Waals surface area contributed by atoms with Gasteiger partial charge in [0.1, 0.15) is 51.4 Å². The number of hydrogen-bond donors (Lipinski definition) is 3. The number of carboxylic acid groups (broad SMARTS) is 1. The molecular formula is C55H58Cl4N4O11. The van der Waals surface area contributed by atoms with Gasteiger partial charge in [-0.15, -0.1) is 0 Å². The third-order valence-corrected chi connectivity index (χ3v) is 17.7. The minimum atomic E-state index is -1.21. The minimum Gasteiger partial charge on any atom is -0.481 e. The predicted octanol–water partition coefficient (Wildman–Crippen LogP) is 12.6. The maximum atomic E-state index is 11.8. The zero-order valence-electron chi connectivity index (χ0n) is 41.3. The van der Waals surface area contributed by atoms with Crippen molar-refractivity contribution in [3.8, 4) is 22.5 Å². The fourth-order valence-electron chi connectivity index (χ4n) is 12.4. The molecule has 0 saturated heterocycles. The number of aliphatic hydroxyl groups is 2. The summed E-state index contributed by atoms with van der Waals surface area (Å²) in [6.07, 6.45) is 10.3. The normalized spacial score (nSPS) is 27.1. The van der Waals surface area contributed by atoms with Crippen LogP contribution >= 0.6 is 46.4 Å². The maximum Gasteiger partial charge on any atom is 0.309 e. The fraction of sp³-hybridized carbons (Fsp3) is 0.527. The number of fused-ring (bicyclic) bond motifs is 4. The summed E-state index contributed by atoms with van der Waals surface area (Å²) in [6, 6.07) is 10.8. The monoisotopic (exact) mass is 1090 g/mol. The molecule has 6 aliphatic carbocycles. The first-order valence-corrected chi connectivity index (χ1v) is 27.2. The number of halogens is 4. The Labute approximate surface area is 447 Å². The van der Waals surface area contributed by atoms with Gasteiger partial charge < -0.3 is 42.7 Å². The standard InChI is InChI=1S/C28H30Cl2N2O5.C27H28Cl2N2O6/c1-14(33)10-23-15(2)36-27(31-23)28(34)17-8-9-18(28)12-19(11-17)35-13-20-25(32-37-26(20)16-6-7-16)24-21(29)4-3-5-22(24)30;1-13-21(11-22(32)33)30-26(36-13)27(34)15-7-8-16(27)10-17(9-15)35-12-18-24(31-37-25(18)14-5-6-14)23-19(28)3-2-4-20(23)29/h3-5,16-19,34H,6-13H2,1-2H3;2-4,14-17,34H,5-12H2,1H3,(H,32,33)/t17-,18+,19?,28?;15-,16+,17?,27?. The summed E-state index contributed by atoms with van der Waals surface area (Å²) in [5, 5.41) is 43.5. The van der Waals surface area contributed by atoms with Gasteiger partial charge in [-0.3, -0.25) is 9.59 Å². The molecule has 4 heterocycles. The molecule has 6 aromatic rings. The zero-order valence-corrected chi connectivity index (χ0v) is 44.3. The second-order valence-electron chi connectivity index (χ2n) is 21.4. The number of ether oxygens (including phenoxy) is 2. The van der Waals surface area contributed by atoms with Gasteiger partial charge in [0.25, 0.3) is 0 Å². The SMILES string of the molecule is CC(=O)Cc1nc(C2(O)[C@@H]3CC[C@H]2CC(OCc2c(-c4c(Cl)cccc4Cl)noc2C2CC2)C3)oc1C.Cc1oc(C2(O)[C@@H]3CC[C@H]2CC(OCc2c(-c4c(Cl)cccc4Cl)noc2C2CC2)C3)nc1CC(=O)O. The Morgan fingerprint density at radius 2 is 0.973 bits per heavy atom. The zero-order chi connectivity index (χ0) is 51.8. The molecule has 2 aromatic carbocycles. The van der Waals surface area contributed by atoms with Gasteiger partial charge in [-0.2, -0.15) is 0 Å². The number of aryl methyl sites for hydroxylation is 2. The highest BCUT2D eigenvalue weighted by Crippen LogP contribution is 2.58. The number of hydrogen-bond acceptors (Lipinski definition) is 14. The molecule has 4 aromatic heterocycles. The summed E-state index contributed by atoms with van der Waals surface area (Å²) in [6.45, 7) is 5.68. The number of aliphatic carboxylic acids is 1. The van der Waals surface area contributed by atoms with E-state index in [4.69, 9.17) is 78.9 Å². The Balaban J connectivity index is 0.000000159. The van der Waals surface area contributed by atoms with Crippen molar-refractivity contribution in [3.05, 3.63) is 114 Å². The third-order valence-electron chi connectivity index (χ3n) is 16.5. The van der Waals surface area contributed by atoms with Crippen molar-refractivity contribution in [1.29, 1.82) is 0 Å². The van der Waals surface area contributed by atoms with Gasteiger partial charge in [0.05, 0.1) is 69.7 Å². The van der Waals surface area contributed by atoms with Crippen molar-refractivity contribution in [2.75, 3.05) is 0 Å². The lowest BCUT2D eigenvalue weighted by molar-refractivity contribution is -0.136. The van der Waals surface area contributed by atoms with Crippen molar-refractivity contribution in [1.82, 2.24) is 20.3 Å². The van der Waals surface area contributed by atoms with Gasteiger partial charge in [0.15, 0.2) is 0 Å². The van der Waals surface area contributed by atoms with Gasteiger partial charge in [-0.1, -0.05) is 68.8 Å². The molecular weight excluding hydrogens is 1030 g/mol. The van der Waals surface area contributed by atoms with Gasteiger partial charge in [0.2, 0.25) is 11.8 Å². The number of benzene rings is 2. The van der Waals surface area contributed by atoms with Crippen LogP contribution < -0.4 is 0 Å². The summed E-state index contributed by atoms with van der Waals surface area (Å²) in [5.74, 6) is 2.81. The molecule has 4 unspecified atom stereocenters. The summed E-state index contributed by atoms with van der Waals surface area (Å²) in [4.78, 5) is 31.8. The number of aromatic nitrogens is 4. The first-order valence-electron chi connectivity index (χ1n) is 25.7. The second-order valence-corrected chi connectivity index (χ2v) is 23.0. The molecule has 15 nitrogen and oxygen atoms in total. The average Bonchev–Trinajstić information content (AvgIpc) is 4.20. The minimum absolute atomic E-state index is 0.0202. The van der Waals surface area contributed by atoms with E-state index >= 15 is 0 Å². The Kier molecular flexibility index (Phi) is 14.2. The molecule has 74 heavy (non-hydrogen) atoms. The van der Waals surface area contributed by atoms with Crippen molar-refractivity contribution in [2.45, 2.75) is 159 Å². The van der Waals surface area contributed by atoms with E-state index in [2.05, 4.69) is 20.3 Å². The fourth-order valence-corrected chi connectivity index (χ4v) is 13.5. The van der Waals surface area contributed by atoms with Crippen LogP contribution in [0.4, 0.5) is 0 Å². The molecule has 0 amide bonds. The molecule has 6 fully saturated rings. The van der Waals surface area contributed by atoms with Crippen LogP contribution in [0.2, 0.25) is 20.1 Å². The average molecular weight is 1090 g/mol. The number of carboxylic acids is 1. The highest BCUT2D eigenvalue weighted by Gasteiger charge is 2.59. The van der Waals surface area contributed by atoms with Crippen LogP contribution in [-0.2, 0) is 56.3 Å². The van der Waals surface area contributed by atoms with Crippen molar-refractivity contribution in [3.63, 3.8) is 0 Å². The topological polar surface area (TPSA) is 217 Å². The molecule has 0 aliphatic heterocycles. The van der Waals surface area contributed by atoms with Crippen LogP contribution in [-0.4, -0.2) is 59.6 Å². The van der Waals surface area contributed by atoms with Crippen LogP contribution in [0.5, 0.6) is 0 Å². The van der Waals surface area contributed by atoms with E-state index in [1.807, 2.05) is 6.07 Å². The maximum absolute atomic E-state index is 11.8. The first kappa shape index (κ1) is 51.5. The predicted molar refractivity (Wildman–Crippen MR) is 272 cm³/mol. The van der Waals surface area contributed by atoms with Crippen LogP contribution in [0.15, 0.2) is 54.3 Å². The largest absolute Gasteiger partial charge is 0.481 e. The quantitative estimate of drug-likeness (QED) is 0.0821. The van der Waals surface area contributed by atoms with Crippen molar-refractivity contribution < 1.29 is 52.3 Å². The number of nitrogens with zero attached hydrogens (tertiary/aromatic N) is 4. The summed E-state index contributed by atoms with van der Waals surface area (Å²) >= 11 is 26.0. The Hall–Kier alpha value is -4.58. The lowest BCUT2D eigenvalue weighted by Crippen LogP contribution is -2.44.